The molecule has 10 nitrogen and oxygen atoms in total. The van der Waals surface area contributed by atoms with Crippen molar-refractivity contribution in [3.63, 3.8) is 0 Å². The van der Waals surface area contributed by atoms with Crippen LogP contribution in [0.5, 0.6) is 0 Å². The third-order valence-electron chi connectivity index (χ3n) is 3.76. The highest BCUT2D eigenvalue weighted by molar-refractivity contribution is 8.03. The van der Waals surface area contributed by atoms with Gasteiger partial charge in [-0.15, -0.1) is 11.8 Å². The fourth-order valence-electron chi connectivity index (χ4n) is 2.44. The number of carbonyl (C=O) groups is 1. The first-order valence-corrected chi connectivity index (χ1v) is 12.8. The fraction of sp³-hybridized carbons (Fsp3) is 0.923. The number of alkyl halides is 4. The van der Waals surface area contributed by atoms with Gasteiger partial charge in [-0.3, -0.25) is 47.3 Å². The quantitative estimate of drug-likeness (QED) is 0.0843. The lowest BCUT2D eigenvalue weighted by molar-refractivity contribution is -0.117. The lowest BCUT2D eigenvalue weighted by Gasteiger charge is -2.33. The van der Waals surface area contributed by atoms with Crippen molar-refractivity contribution in [1.29, 1.82) is 0 Å². The maximum atomic E-state index is 12.0. The summed E-state index contributed by atoms with van der Waals surface area (Å²) in [5, 5.41) is 24.0. The highest BCUT2D eigenvalue weighted by Gasteiger charge is 2.24. The molecule has 2 heterocycles. The van der Waals surface area contributed by atoms with E-state index in [2.05, 4.69) is 42.5 Å². The van der Waals surface area contributed by atoms with Crippen molar-refractivity contribution >= 4 is 75.8 Å². The van der Waals surface area contributed by atoms with Crippen LogP contribution >= 0.6 is 69.9 Å². The summed E-state index contributed by atoms with van der Waals surface area (Å²) in [6.45, 7) is 1.32. The number of carbonyl (C=O) groups excluding carboxylic acids is 1. The molecular formula is C13H27Cl4N9OS2. The van der Waals surface area contributed by atoms with Gasteiger partial charge in [0.05, 0.1) is 5.25 Å². The molecule has 2 fully saturated rings. The van der Waals surface area contributed by atoms with Gasteiger partial charge in [0, 0.05) is 30.3 Å². The van der Waals surface area contributed by atoms with Crippen LogP contribution in [0.1, 0.15) is 0 Å². The molecule has 0 bridgehead atoms. The van der Waals surface area contributed by atoms with Crippen molar-refractivity contribution in [2.75, 3.05) is 30.3 Å². The minimum atomic E-state index is -0.438. The number of rotatable bonds is 12. The van der Waals surface area contributed by atoms with Crippen molar-refractivity contribution in [2.24, 2.45) is 5.73 Å². The second kappa shape index (κ2) is 14.2. The Balaban J connectivity index is 1.59. The Morgan fingerprint density at radius 1 is 0.897 bits per heavy atom. The smallest absolute Gasteiger partial charge is 0.231 e. The molecule has 0 saturated carbocycles. The Kier molecular flexibility index (Phi) is 12.1. The van der Waals surface area contributed by atoms with E-state index in [0.717, 1.165) is 5.75 Å². The lowest BCUT2D eigenvalue weighted by Crippen LogP contribution is -2.68. The van der Waals surface area contributed by atoms with E-state index in [0.29, 0.717) is 24.6 Å². The molecule has 0 aromatic carbocycles. The lowest BCUT2D eigenvalue weighted by atomic mass is 10.5. The van der Waals surface area contributed by atoms with Gasteiger partial charge in [0.2, 0.25) is 5.91 Å². The molecule has 0 spiro atoms. The number of halogens is 4. The molecule has 29 heavy (non-hydrogen) atoms. The second-order valence-corrected chi connectivity index (χ2v) is 10.2. The maximum Gasteiger partial charge on any atom is 0.231 e. The molecule has 2 aliphatic heterocycles. The van der Waals surface area contributed by atoms with Crippen LogP contribution in [0.25, 0.3) is 0 Å². The van der Waals surface area contributed by atoms with Gasteiger partial charge in [0.1, 0.15) is 35.1 Å². The van der Waals surface area contributed by atoms with E-state index < -0.39 is 22.5 Å². The first-order chi connectivity index (χ1) is 14.4. The van der Waals surface area contributed by atoms with E-state index in [9.17, 15) is 4.79 Å². The number of primary amides is 1. The number of hydrogen-bond donors (Lipinski definition) is 9. The highest BCUT2D eigenvalue weighted by Crippen LogP contribution is 2.16. The summed E-state index contributed by atoms with van der Waals surface area (Å²) in [6.07, 6.45) is -0.444. The molecule has 0 aliphatic carbocycles. The monoisotopic (exact) mass is 530 g/mol. The second-order valence-electron chi connectivity index (χ2n) is 6.02. The molecule has 170 valence electrons. The van der Waals surface area contributed by atoms with Gasteiger partial charge in [0.15, 0.2) is 1.41 Å². The van der Waals surface area contributed by atoms with Crippen LogP contribution in [-0.4, -0.2) is 76.6 Å². The van der Waals surface area contributed by atoms with E-state index in [-0.39, 0.29) is 23.7 Å². The van der Waals surface area contributed by atoms with Gasteiger partial charge in [-0.25, -0.2) is 0 Å². The summed E-state index contributed by atoms with van der Waals surface area (Å²) >= 11 is 27.0. The molecule has 16 heteroatoms. The summed E-state index contributed by atoms with van der Waals surface area (Å²) in [7, 11) is 0. The van der Waals surface area contributed by atoms with E-state index in [4.69, 9.17) is 47.8 Å². The van der Waals surface area contributed by atoms with Crippen molar-refractivity contribution in [3.8, 4) is 0 Å². The van der Waals surface area contributed by atoms with Crippen LogP contribution < -0.4 is 48.3 Å². The highest BCUT2D eigenvalue weighted by atomic mass is 35.5. The van der Waals surface area contributed by atoms with Gasteiger partial charge >= 0.3 is 0 Å². The topological polar surface area (TPSA) is 139 Å². The number of hydrogen-bond acceptors (Lipinski definition) is 11. The average Bonchev–Trinajstić information content (AvgIpc) is 2.67. The first-order valence-electron chi connectivity index (χ1n) is 9.37. The van der Waals surface area contributed by atoms with Crippen molar-refractivity contribution in [2.45, 2.75) is 40.3 Å². The zero-order valence-corrected chi connectivity index (χ0v) is 20.0. The molecule has 0 radical (unpaired) electrons. The normalized spacial score (nSPS) is 34.4. The summed E-state index contributed by atoms with van der Waals surface area (Å²) in [6, 6.07) is 0. The van der Waals surface area contributed by atoms with E-state index >= 15 is 0 Å². The van der Waals surface area contributed by atoms with E-state index in [1.165, 1.54) is 11.8 Å². The number of nitrogens with two attached hydrogens (primary N) is 1. The van der Waals surface area contributed by atoms with Gasteiger partial charge < -0.3 is 5.73 Å². The predicted octanol–water partition coefficient (Wildman–Crippen LogP) is -1.29. The van der Waals surface area contributed by atoms with Gasteiger partial charge in [-0.1, -0.05) is 46.4 Å². The SMILES string of the molecule is [2H]NC(=O)C(CSCCNC1NC(Cl)NC(Cl)N1)SCCNC1NC(Cl)NC(Cl)N1. The van der Waals surface area contributed by atoms with Crippen LogP contribution in [0.15, 0.2) is 0 Å². The van der Waals surface area contributed by atoms with Crippen molar-refractivity contribution in [1.82, 2.24) is 42.5 Å². The minimum Gasteiger partial charge on any atom is -0.369 e. The van der Waals surface area contributed by atoms with Crippen molar-refractivity contribution in [3.05, 3.63) is 0 Å². The Labute approximate surface area is 200 Å². The van der Waals surface area contributed by atoms with Crippen LogP contribution in [0.3, 0.4) is 0 Å². The number of nitrogens with one attached hydrogen (secondary N) is 8. The van der Waals surface area contributed by atoms with Crippen LogP contribution in [0.2, 0.25) is 1.41 Å². The molecule has 0 aromatic heterocycles. The third kappa shape index (κ3) is 10.9. The summed E-state index contributed by atoms with van der Waals surface area (Å²) in [4.78, 5) is 12.0. The molecule has 10 N–H and O–H groups in total. The minimum absolute atomic E-state index is 0.206. The molecule has 0 aromatic rings. The number of amides is 1. The molecule has 5 atom stereocenters. The van der Waals surface area contributed by atoms with Crippen LogP contribution in [0.4, 0.5) is 0 Å². The Morgan fingerprint density at radius 2 is 1.38 bits per heavy atom. The van der Waals surface area contributed by atoms with Crippen LogP contribution in [-0.2, 0) is 4.79 Å². The summed E-state index contributed by atoms with van der Waals surface area (Å²) in [5.74, 6) is 1.75. The zero-order valence-electron chi connectivity index (χ0n) is 16.3. The van der Waals surface area contributed by atoms with E-state index in [1.54, 1.807) is 11.8 Å². The zero-order chi connectivity index (χ0) is 21.9. The molecule has 2 saturated heterocycles. The number of thioether (sulfide) groups is 2. The molecule has 1 amide bonds. The Bertz CT molecular complexity index is 503. The van der Waals surface area contributed by atoms with Crippen LogP contribution in [0, 0.1) is 0 Å². The molecular weight excluding hydrogens is 504 g/mol. The largest absolute Gasteiger partial charge is 0.369 e. The summed E-state index contributed by atoms with van der Waals surface area (Å²) < 4.78 is 7.16. The first kappa shape index (κ1) is 24.6. The van der Waals surface area contributed by atoms with Crippen molar-refractivity contribution < 1.29 is 6.21 Å². The molecule has 2 aliphatic rings. The maximum absolute atomic E-state index is 12.0. The van der Waals surface area contributed by atoms with Gasteiger partial charge in [0.25, 0.3) is 0 Å². The third-order valence-corrected chi connectivity index (χ3v) is 7.27. The summed E-state index contributed by atoms with van der Waals surface area (Å²) in [5.41, 5.74) is 0.267. The fourth-order valence-corrected chi connectivity index (χ4v) is 5.71. The van der Waals surface area contributed by atoms with Gasteiger partial charge in [-0.05, 0) is 0 Å². The van der Waals surface area contributed by atoms with E-state index in [1.807, 2.05) is 5.73 Å². The average molecular weight is 532 g/mol. The van der Waals surface area contributed by atoms with Gasteiger partial charge in [-0.2, -0.15) is 11.8 Å². The predicted molar refractivity (Wildman–Crippen MR) is 124 cm³/mol. The Hall–Kier alpha value is 1.01. The standard InChI is InChI=1S/C13H27Cl4N9OS2/c14-8-21-9(15)24-12(23-8)19-1-3-28-5-6(7(18)27)29-4-2-20-13-25-10(16)22-11(17)26-13/h6,8-13,19-26H,1-5H2,(H2,18,27)/i/hD. The molecule has 2 rings (SSSR count). The Morgan fingerprint density at radius 3 is 1.86 bits per heavy atom. The molecule has 5 unspecified atom stereocenters.